The Morgan fingerprint density at radius 1 is 1.15 bits per heavy atom. The number of hydrogen-bond donors (Lipinski definition) is 1. The highest BCUT2D eigenvalue weighted by Gasteiger charge is 2.32. The molecular weight excluding hydrogens is 456 g/mol. The first-order valence-corrected chi connectivity index (χ1v) is 10.6. The molecule has 1 aliphatic heterocycles. The van der Waals surface area contributed by atoms with E-state index >= 15 is 0 Å². The van der Waals surface area contributed by atoms with Crippen LogP contribution in [0.15, 0.2) is 36.5 Å². The summed E-state index contributed by atoms with van der Waals surface area (Å²) in [5, 5.41) is 0.537. The number of pyridine rings is 1. The van der Waals surface area contributed by atoms with Crippen molar-refractivity contribution in [1.29, 1.82) is 0 Å². The lowest BCUT2D eigenvalue weighted by molar-refractivity contribution is -0.274. The Morgan fingerprint density at radius 2 is 1.79 bits per heavy atom. The summed E-state index contributed by atoms with van der Waals surface area (Å²) in [5.74, 6) is -1.64. The van der Waals surface area contributed by atoms with Crippen LogP contribution in [0.4, 0.5) is 17.6 Å². The highest BCUT2D eigenvalue weighted by molar-refractivity contribution is 5.98. The van der Waals surface area contributed by atoms with E-state index in [-0.39, 0.29) is 23.3 Å². The molecule has 3 heterocycles. The number of nitrogens with zero attached hydrogens (tertiary/aromatic N) is 3. The lowest BCUT2D eigenvalue weighted by Crippen LogP contribution is -2.38. The van der Waals surface area contributed by atoms with Gasteiger partial charge >= 0.3 is 6.36 Å². The normalized spacial score (nSPS) is 14.9. The third-order valence-electron chi connectivity index (χ3n) is 5.81. The Hall–Kier alpha value is -3.63. The molecule has 0 radical (unpaired) electrons. The Labute approximate surface area is 192 Å². The van der Waals surface area contributed by atoms with Gasteiger partial charge in [-0.05, 0) is 49.1 Å². The molecule has 4 rings (SSSR count). The molecule has 34 heavy (non-hydrogen) atoms. The number of rotatable bonds is 4. The number of halogens is 4. The number of aromatic nitrogens is 2. The van der Waals surface area contributed by atoms with Crippen molar-refractivity contribution in [2.75, 3.05) is 27.2 Å². The third kappa shape index (κ3) is 4.82. The second-order valence-corrected chi connectivity index (χ2v) is 8.30. The lowest BCUT2D eigenvalue weighted by Gasteiger charge is -2.32. The van der Waals surface area contributed by atoms with E-state index in [0.29, 0.717) is 48.2 Å². The topological polar surface area (TPSA) is 78.5 Å². The molecule has 1 fully saturated rings. The largest absolute Gasteiger partial charge is 0.573 e. The number of fused-ring (bicyclic) bond motifs is 1. The van der Waals surface area contributed by atoms with Gasteiger partial charge in [-0.3, -0.25) is 9.59 Å². The number of hydrogen-bond acceptors (Lipinski definition) is 4. The number of ether oxygens (including phenoxy) is 1. The van der Waals surface area contributed by atoms with Crippen LogP contribution in [-0.2, 0) is 0 Å². The maximum atomic E-state index is 14.8. The summed E-state index contributed by atoms with van der Waals surface area (Å²) >= 11 is 0. The number of benzene rings is 1. The van der Waals surface area contributed by atoms with Gasteiger partial charge in [0, 0.05) is 43.7 Å². The summed E-state index contributed by atoms with van der Waals surface area (Å²) in [7, 11) is 3.23. The average Bonchev–Trinajstić information content (AvgIpc) is 3.22. The number of piperidine rings is 1. The fraction of sp³-hybridized carbons (Fsp3) is 0.348. The second-order valence-electron chi connectivity index (χ2n) is 8.30. The summed E-state index contributed by atoms with van der Waals surface area (Å²) < 4.78 is 55.6. The fourth-order valence-corrected chi connectivity index (χ4v) is 4.19. The van der Waals surface area contributed by atoms with Crippen LogP contribution in [0, 0.1) is 5.82 Å². The van der Waals surface area contributed by atoms with E-state index in [9.17, 15) is 27.2 Å². The van der Waals surface area contributed by atoms with Crippen molar-refractivity contribution in [3.8, 4) is 5.75 Å². The molecule has 0 spiro atoms. The summed E-state index contributed by atoms with van der Waals surface area (Å²) in [6, 6.07) is 6.35. The highest BCUT2D eigenvalue weighted by Crippen LogP contribution is 2.35. The Morgan fingerprint density at radius 3 is 2.38 bits per heavy atom. The van der Waals surface area contributed by atoms with Gasteiger partial charge in [0.25, 0.3) is 11.8 Å². The molecule has 2 amide bonds. The maximum absolute atomic E-state index is 14.8. The smallest absolute Gasteiger partial charge is 0.406 e. The molecule has 1 saturated heterocycles. The van der Waals surface area contributed by atoms with E-state index in [1.165, 1.54) is 17.0 Å². The van der Waals surface area contributed by atoms with Gasteiger partial charge in [0.2, 0.25) is 0 Å². The molecular formula is C23H22F4N4O3. The van der Waals surface area contributed by atoms with Crippen molar-refractivity contribution in [3.05, 3.63) is 59.2 Å². The monoisotopic (exact) mass is 478 g/mol. The van der Waals surface area contributed by atoms with Crippen LogP contribution in [0.3, 0.4) is 0 Å². The van der Waals surface area contributed by atoms with Gasteiger partial charge in [-0.1, -0.05) is 0 Å². The average molecular weight is 478 g/mol. The number of carbonyl (C=O) groups is 2. The van der Waals surface area contributed by atoms with E-state index in [0.717, 1.165) is 18.3 Å². The maximum Gasteiger partial charge on any atom is 0.573 e. The van der Waals surface area contributed by atoms with Gasteiger partial charge in [-0.25, -0.2) is 9.37 Å². The van der Waals surface area contributed by atoms with Crippen molar-refractivity contribution in [1.82, 2.24) is 19.8 Å². The summed E-state index contributed by atoms with van der Waals surface area (Å²) in [6.45, 7) is 0.697. The molecule has 0 bridgehead atoms. The molecule has 1 aliphatic rings. The van der Waals surface area contributed by atoms with E-state index in [1.807, 2.05) is 0 Å². The number of H-pyrrole nitrogens is 1. The fourth-order valence-electron chi connectivity index (χ4n) is 4.19. The van der Waals surface area contributed by atoms with E-state index in [4.69, 9.17) is 0 Å². The van der Waals surface area contributed by atoms with Crippen molar-refractivity contribution in [2.45, 2.75) is 25.1 Å². The van der Waals surface area contributed by atoms with E-state index in [2.05, 4.69) is 14.7 Å². The molecule has 180 valence electrons. The summed E-state index contributed by atoms with van der Waals surface area (Å²) in [5.41, 5.74) is 1.42. The molecule has 2 aromatic heterocycles. The van der Waals surface area contributed by atoms with Gasteiger partial charge < -0.3 is 19.5 Å². The number of nitrogens with one attached hydrogen (secondary N) is 1. The van der Waals surface area contributed by atoms with Gasteiger partial charge in [-0.15, -0.1) is 13.2 Å². The zero-order chi connectivity index (χ0) is 24.6. The van der Waals surface area contributed by atoms with Gasteiger partial charge in [0.1, 0.15) is 22.9 Å². The quantitative estimate of drug-likeness (QED) is 0.567. The predicted molar refractivity (Wildman–Crippen MR) is 115 cm³/mol. The standard InChI is InChI=1S/C23H22F4N4O3/c1-30(2)22(33)18-11-16-19(17(24)12-28-20(16)29-18)13-7-9-31(10-8-13)21(32)14-3-5-15(6-4-14)34-23(25,26)27/h3-6,11-13H,7-10H2,1-2H3,(H,28,29). The molecule has 0 saturated carbocycles. The molecule has 0 atom stereocenters. The number of amides is 2. The Bertz CT molecular complexity index is 1210. The van der Waals surface area contributed by atoms with E-state index in [1.54, 1.807) is 25.1 Å². The first-order valence-electron chi connectivity index (χ1n) is 10.6. The summed E-state index contributed by atoms with van der Waals surface area (Å²) in [6.07, 6.45) is -2.71. The highest BCUT2D eigenvalue weighted by atomic mass is 19.4. The van der Waals surface area contributed by atoms with Gasteiger partial charge in [-0.2, -0.15) is 0 Å². The van der Waals surface area contributed by atoms with Crippen LogP contribution < -0.4 is 4.74 Å². The van der Waals surface area contributed by atoms with Crippen LogP contribution >= 0.6 is 0 Å². The van der Waals surface area contributed by atoms with Crippen LogP contribution in [0.1, 0.15) is 45.2 Å². The molecule has 0 unspecified atom stereocenters. The molecule has 7 nitrogen and oxygen atoms in total. The van der Waals surface area contributed by atoms with Crippen LogP contribution in [0.2, 0.25) is 0 Å². The summed E-state index contributed by atoms with van der Waals surface area (Å²) in [4.78, 5) is 35.1. The van der Waals surface area contributed by atoms with Crippen molar-refractivity contribution in [2.24, 2.45) is 0 Å². The minimum absolute atomic E-state index is 0.185. The number of alkyl halides is 3. The first-order chi connectivity index (χ1) is 16.0. The molecule has 1 aromatic carbocycles. The Balaban J connectivity index is 1.48. The number of likely N-dealkylation sites (tertiary alicyclic amines) is 1. The van der Waals surface area contributed by atoms with Crippen LogP contribution in [-0.4, -0.2) is 65.1 Å². The van der Waals surface area contributed by atoms with Crippen LogP contribution in [0.5, 0.6) is 5.75 Å². The molecule has 11 heteroatoms. The van der Waals surface area contributed by atoms with Crippen molar-refractivity contribution in [3.63, 3.8) is 0 Å². The van der Waals surface area contributed by atoms with Gasteiger partial charge in [0.05, 0.1) is 6.20 Å². The Kier molecular flexibility index (Phi) is 6.20. The first kappa shape index (κ1) is 23.5. The van der Waals surface area contributed by atoms with Crippen LogP contribution in [0.25, 0.3) is 11.0 Å². The second kappa shape index (κ2) is 8.96. The van der Waals surface area contributed by atoms with Gasteiger partial charge in [0.15, 0.2) is 0 Å². The molecule has 0 aliphatic carbocycles. The molecule has 3 aromatic rings. The lowest BCUT2D eigenvalue weighted by atomic mass is 9.87. The third-order valence-corrected chi connectivity index (χ3v) is 5.81. The SMILES string of the molecule is CN(C)C(=O)c1cc2c(C3CCN(C(=O)c4ccc(OC(F)(F)F)cc4)CC3)c(F)cnc2[nH]1. The number of aromatic amines is 1. The van der Waals surface area contributed by atoms with Crippen molar-refractivity contribution >= 4 is 22.8 Å². The zero-order valence-electron chi connectivity index (χ0n) is 18.4. The number of carbonyl (C=O) groups excluding carboxylic acids is 2. The zero-order valence-corrected chi connectivity index (χ0v) is 18.4. The minimum atomic E-state index is -4.80. The predicted octanol–water partition coefficient (Wildman–Crippen LogP) is 4.32. The minimum Gasteiger partial charge on any atom is -0.406 e. The molecule has 1 N–H and O–H groups in total. The van der Waals surface area contributed by atoms with E-state index < -0.39 is 17.9 Å². The van der Waals surface area contributed by atoms with Crippen molar-refractivity contribution < 1.29 is 31.9 Å².